The van der Waals surface area contributed by atoms with Crippen LogP contribution < -0.4 is 15.8 Å². The number of aromatic nitrogens is 1. The largest absolute Gasteiger partial charge is 0.495 e. The number of carbonyl (C=O) groups excluding carboxylic acids is 1. The van der Waals surface area contributed by atoms with Crippen LogP contribution in [0.2, 0.25) is 5.02 Å². The maximum absolute atomic E-state index is 12.1. The number of amides is 1. The highest BCUT2D eigenvalue weighted by molar-refractivity contribution is 6.31. The Morgan fingerprint density at radius 2 is 2.16 bits per heavy atom. The molecule has 1 amide bonds. The lowest BCUT2D eigenvalue weighted by atomic mass is 10.2. The fourth-order valence-electron chi connectivity index (χ4n) is 1.78. The normalized spacial score (nSPS) is 10.3. The zero-order valence-electron chi connectivity index (χ0n) is 10.6. The summed E-state index contributed by atoms with van der Waals surface area (Å²) in [5, 5.41) is 3.26. The number of hydrogen-bond donors (Lipinski definition) is 2. The van der Waals surface area contributed by atoms with Crippen LogP contribution in [-0.2, 0) is 7.05 Å². The zero-order valence-corrected chi connectivity index (χ0v) is 11.4. The van der Waals surface area contributed by atoms with Crippen LogP contribution in [0.25, 0.3) is 0 Å². The molecule has 0 aliphatic heterocycles. The summed E-state index contributed by atoms with van der Waals surface area (Å²) in [6.45, 7) is 0. The molecule has 0 aliphatic carbocycles. The molecule has 1 aromatic carbocycles. The predicted molar refractivity (Wildman–Crippen MR) is 75.8 cm³/mol. The second-order valence-corrected chi connectivity index (χ2v) is 4.50. The van der Waals surface area contributed by atoms with Gasteiger partial charge in [0.2, 0.25) is 0 Å². The summed E-state index contributed by atoms with van der Waals surface area (Å²) in [5.74, 6) is 0.264. The van der Waals surface area contributed by atoms with Crippen molar-refractivity contribution in [3.63, 3.8) is 0 Å². The summed E-state index contributed by atoms with van der Waals surface area (Å²) in [4.78, 5) is 12.1. The fraction of sp³-hybridized carbons (Fsp3) is 0.154. The van der Waals surface area contributed by atoms with Crippen LogP contribution in [0.5, 0.6) is 5.75 Å². The standard InChI is InChI=1S/C13H14ClN3O2/c1-17-7-9(15)6-11(17)13(18)16-10-5-8(14)3-4-12(10)19-2/h3-7H,15H2,1-2H3,(H,16,18). The second kappa shape index (κ2) is 5.24. The quantitative estimate of drug-likeness (QED) is 0.907. The summed E-state index contributed by atoms with van der Waals surface area (Å²) >= 11 is 5.91. The molecule has 100 valence electrons. The lowest BCUT2D eigenvalue weighted by Crippen LogP contribution is -2.15. The van der Waals surface area contributed by atoms with Crippen molar-refractivity contribution in [1.29, 1.82) is 0 Å². The minimum Gasteiger partial charge on any atom is -0.495 e. The molecule has 0 spiro atoms. The first-order valence-electron chi connectivity index (χ1n) is 5.58. The van der Waals surface area contributed by atoms with E-state index in [1.807, 2.05) is 0 Å². The van der Waals surface area contributed by atoms with Crippen molar-refractivity contribution in [2.45, 2.75) is 0 Å². The molecule has 3 N–H and O–H groups in total. The number of carbonyl (C=O) groups is 1. The molecule has 19 heavy (non-hydrogen) atoms. The summed E-state index contributed by atoms with van der Waals surface area (Å²) in [5.41, 5.74) is 7.15. The predicted octanol–water partition coefficient (Wildman–Crippen LogP) is 2.52. The van der Waals surface area contributed by atoms with Crippen molar-refractivity contribution in [3.8, 4) is 5.75 Å². The van der Waals surface area contributed by atoms with Crippen molar-refractivity contribution < 1.29 is 9.53 Å². The van der Waals surface area contributed by atoms with Gasteiger partial charge in [0.1, 0.15) is 11.4 Å². The first-order chi connectivity index (χ1) is 9.01. The molecule has 1 aromatic heterocycles. The highest BCUT2D eigenvalue weighted by Gasteiger charge is 2.13. The van der Waals surface area contributed by atoms with Crippen molar-refractivity contribution in [2.75, 3.05) is 18.2 Å². The van der Waals surface area contributed by atoms with Gasteiger partial charge in [-0.15, -0.1) is 0 Å². The van der Waals surface area contributed by atoms with Crippen molar-refractivity contribution >= 4 is 28.9 Å². The lowest BCUT2D eigenvalue weighted by molar-refractivity contribution is 0.101. The topological polar surface area (TPSA) is 69.3 Å². The lowest BCUT2D eigenvalue weighted by Gasteiger charge is -2.10. The van der Waals surface area contributed by atoms with Gasteiger partial charge in [0.05, 0.1) is 18.5 Å². The molecule has 0 fully saturated rings. The molecule has 0 bridgehead atoms. The third kappa shape index (κ3) is 2.82. The Labute approximate surface area is 115 Å². The average molecular weight is 280 g/mol. The number of hydrogen-bond acceptors (Lipinski definition) is 3. The van der Waals surface area contributed by atoms with Crippen molar-refractivity contribution in [2.24, 2.45) is 7.05 Å². The number of nitrogens with zero attached hydrogens (tertiary/aromatic N) is 1. The van der Waals surface area contributed by atoms with E-state index in [9.17, 15) is 4.79 Å². The van der Waals surface area contributed by atoms with Crippen LogP contribution in [0.15, 0.2) is 30.5 Å². The van der Waals surface area contributed by atoms with Gasteiger partial charge in [-0.25, -0.2) is 0 Å². The van der Waals surface area contributed by atoms with E-state index in [1.165, 1.54) is 7.11 Å². The molecule has 5 nitrogen and oxygen atoms in total. The van der Waals surface area contributed by atoms with Gasteiger partial charge in [-0.2, -0.15) is 0 Å². The van der Waals surface area contributed by atoms with Gasteiger partial charge in [-0.05, 0) is 24.3 Å². The summed E-state index contributed by atoms with van der Waals surface area (Å²) in [6.07, 6.45) is 1.67. The third-order valence-corrected chi connectivity index (χ3v) is 2.90. The number of aryl methyl sites for hydroxylation is 1. The van der Waals surface area contributed by atoms with Crippen LogP contribution in [0.3, 0.4) is 0 Å². The number of methoxy groups -OCH3 is 1. The number of nitrogens with one attached hydrogen (secondary N) is 1. The van der Waals surface area contributed by atoms with E-state index >= 15 is 0 Å². The van der Waals surface area contributed by atoms with E-state index in [0.717, 1.165) is 0 Å². The first-order valence-corrected chi connectivity index (χ1v) is 5.96. The molecule has 0 saturated heterocycles. The van der Waals surface area contributed by atoms with Crippen LogP contribution in [0.4, 0.5) is 11.4 Å². The Bertz CT molecular complexity index is 622. The molecule has 1 heterocycles. The maximum Gasteiger partial charge on any atom is 0.272 e. The molecule has 2 rings (SSSR count). The van der Waals surface area contributed by atoms with Gasteiger partial charge in [0.15, 0.2) is 0 Å². The Morgan fingerprint density at radius 1 is 1.42 bits per heavy atom. The molecule has 0 saturated carbocycles. The molecule has 0 radical (unpaired) electrons. The van der Waals surface area contributed by atoms with Gasteiger partial charge in [0, 0.05) is 18.3 Å². The molecular weight excluding hydrogens is 266 g/mol. The summed E-state index contributed by atoms with van der Waals surface area (Å²) < 4.78 is 6.82. The van der Waals surface area contributed by atoms with E-state index in [1.54, 1.807) is 42.1 Å². The van der Waals surface area contributed by atoms with Gasteiger partial charge in [-0.3, -0.25) is 4.79 Å². The van der Waals surface area contributed by atoms with E-state index in [0.29, 0.717) is 27.8 Å². The van der Waals surface area contributed by atoms with Crippen molar-refractivity contribution in [1.82, 2.24) is 4.57 Å². The maximum atomic E-state index is 12.1. The van der Waals surface area contributed by atoms with E-state index < -0.39 is 0 Å². The molecule has 0 atom stereocenters. The molecule has 2 aromatic rings. The van der Waals surface area contributed by atoms with Gasteiger partial charge in [-0.1, -0.05) is 11.6 Å². The van der Waals surface area contributed by atoms with E-state index in [4.69, 9.17) is 22.1 Å². The Hall–Kier alpha value is -2.14. The zero-order chi connectivity index (χ0) is 14.0. The number of ether oxygens (including phenoxy) is 1. The Balaban J connectivity index is 2.28. The number of nitrogen functional groups attached to an aromatic ring is 1. The minimum absolute atomic E-state index is 0.278. The van der Waals surface area contributed by atoms with E-state index in [-0.39, 0.29) is 5.91 Å². The SMILES string of the molecule is COc1ccc(Cl)cc1NC(=O)c1cc(N)cn1C. The second-order valence-electron chi connectivity index (χ2n) is 4.07. The van der Waals surface area contributed by atoms with Crippen LogP contribution in [-0.4, -0.2) is 17.6 Å². The minimum atomic E-state index is -0.278. The smallest absolute Gasteiger partial charge is 0.272 e. The number of halogens is 1. The number of rotatable bonds is 3. The Morgan fingerprint density at radius 3 is 2.74 bits per heavy atom. The van der Waals surface area contributed by atoms with Crippen LogP contribution in [0, 0.1) is 0 Å². The number of benzene rings is 1. The van der Waals surface area contributed by atoms with Gasteiger partial charge in [0.25, 0.3) is 5.91 Å². The van der Waals surface area contributed by atoms with Crippen LogP contribution in [0.1, 0.15) is 10.5 Å². The number of anilines is 2. The monoisotopic (exact) mass is 279 g/mol. The molecule has 6 heteroatoms. The summed E-state index contributed by atoms with van der Waals surface area (Å²) in [6, 6.07) is 6.62. The van der Waals surface area contributed by atoms with Gasteiger partial charge >= 0.3 is 0 Å². The molecule has 0 unspecified atom stereocenters. The first kappa shape index (κ1) is 13.3. The van der Waals surface area contributed by atoms with E-state index in [2.05, 4.69) is 5.32 Å². The van der Waals surface area contributed by atoms with Crippen LogP contribution >= 0.6 is 11.6 Å². The summed E-state index contributed by atoms with van der Waals surface area (Å²) in [7, 11) is 3.28. The van der Waals surface area contributed by atoms with Gasteiger partial charge < -0.3 is 20.4 Å². The highest BCUT2D eigenvalue weighted by atomic mass is 35.5. The third-order valence-electron chi connectivity index (χ3n) is 2.67. The average Bonchev–Trinajstić information content (AvgIpc) is 2.69. The van der Waals surface area contributed by atoms with Crippen molar-refractivity contribution in [3.05, 3.63) is 41.2 Å². The number of nitrogens with two attached hydrogens (primary N) is 1. The Kier molecular flexibility index (Phi) is 3.66. The molecular formula is C13H14ClN3O2. The fourth-order valence-corrected chi connectivity index (χ4v) is 1.95. The molecule has 0 aliphatic rings. The highest BCUT2D eigenvalue weighted by Crippen LogP contribution is 2.28.